The van der Waals surface area contributed by atoms with Crippen LogP contribution in [0.5, 0.6) is 0 Å². The molecule has 0 bridgehead atoms. The standard InChI is InChI=1S/C12H18O3/c1-9(13)11(14)12(2,15)8-10-6-4-3-5-7-10/h3-7,9,11,13-15H,8H2,1-2H3/t9-,11+,12-/m1/s1. The summed E-state index contributed by atoms with van der Waals surface area (Å²) in [5, 5.41) is 28.8. The molecule has 1 rings (SSSR count). The van der Waals surface area contributed by atoms with Crippen molar-refractivity contribution in [3.63, 3.8) is 0 Å². The first-order valence-corrected chi connectivity index (χ1v) is 5.06. The first-order chi connectivity index (χ1) is 6.93. The van der Waals surface area contributed by atoms with E-state index in [0.29, 0.717) is 6.42 Å². The molecule has 0 saturated carbocycles. The summed E-state index contributed by atoms with van der Waals surface area (Å²) >= 11 is 0. The van der Waals surface area contributed by atoms with Crippen molar-refractivity contribution >= 4 is 0 Å². The summed E-state index contributed by atoms with van der Waals surface area (Å²) in [4.78, 5) is 0. The third kappa shape index (κ3) is 3.30. The van der Waals surface area contributed by atoms with Gasteiger partial charge in [0.2, 0.25) is 0 Å². The van der Waals surface area contributed by atoms with Crippen LogP contribution in [-0.2, 0) is 6.42 Å². The topological polar surface area (TPSA) is 60.7 Å². The van der Waals surface area contributed by atoms with Gasteiger partial charge in [0.25, 0.3) is 0 Å². The predicted octanol–water partition coefficient (Wildman–Crippen LogP) is 0.722. The molecule has 0 aliphatic rings. The predicted molar refractivity (Wildman–Crippen MR) is 58.5 cm³/mol. The van der Waals surface area contributed by atoms with Crippen molar-refractivity contribution in [2.24, 2.45) is 0 Å². The van der Waals surface area contributed by atoms with E-state index in [1.807, 2.05) is 30.3 Å². The summed E-state index contributed by atoms with van der Waals surface area (Å²) in [6.07, 6.45) is -1.76. The van der Waals surface area contributed by atoms with Crippen molar-refractivity contribution in [2.75, 3.05) is 0 Å². The van der Waals surface area contributed by atoms with Crippen molar-refractivity contribution in [2.45, 2.75) is 38.1 Å². The molecule has 1 aromatic carbocycles. The summed E-state index contributed by atoms with van der Waals surface area (Å²) in [7, 11) is 0. The van der Waals surface area contributed by atoms with Crippen LogP contribution in [0.3, 0.4) is 0 Å². The third-order valence-electron chi connectivity index (χ3n) is 2.50. The highest BCUT2D eigenvalue weighted by atomic mass is 16.4. The Kier molecular flexibility index (Phi) is 3.85. The zero-order chi connectivity index (χ0) is 11.5. The Morgan fingerprint density at radius 3 is 2.20 bits per heavy atom. The lowest BCUT2D eigenvalue weighted by molar-refractivity contribution is -0.109. The van der Waals surface area contributed by atoms with Crippen LogP contribution in [0.15, 0.2) is 30.3 Å². The molecule has 0 aromatic heterocycles. The Morgan fingerprint density at radius 1 is 1.20 bits per heavy atom. The van der Waals surface area contributed by atoms with E-state index in [4.69, 9.17) is 0 Å². The van der Waals surface area contributed by atoms with Gasteiger partial charge < -0.3 is 15.3 Å². The lowest BCUT2D eigenvalue weighted by Gasteiger charge is -2.31. The molecule has 0 radical (unpaired) electrons. The summed E-state index contributed by atoms with van der Waals surface area (Å²) in [6.45, 7) is 2.99. The van der Waals surface area contributed by atoms with Crippen molar-refractivity contribution in [3.05, 3.63) is 35.9 Å². The summed E-state index contributed by atoms with van der Waals surface area (Å²) in [5.74, 6) is 0. The Balaban J connectivity index is 2.72. The molecule has 0 spiro atoms. The first-order valence-electron chi connectivity index (χ1n) is 5.06. The van der Waals surface area contributed by atoms with Crippen molar-refractivity contribution in [1.82, 2.24) is 0 Å². The third-order valence-corrected chi connectivity index (χ3v) is 2.50. The maximum Gasteiger partial charge on any atom is 0.108 e. The number of aliphatic hydroxyl groups excluding tert-OH is 2. The molecule has 0 aliphatic heterocycles. The molecular formula is C12H18O3. The van der Waals surface area contributed by atoms with Gasteiger partial charge in [-0.15, -0.1) is 0 Å². The number of aliphatic hydroxyl groups is 3. The SMILES string of the molecule is C[C@@H](O)[C@H](O)[C@](C)(O)Cc1ccccc1. The van der Waals surface area contributed by atoms with Crippen molar-refractivity contribution < 1.29 is 15.3 Å². The second-order valence-electron chi connectivity index (χ2n) is 4.20. The number of hydrogen-bond donors (Lipinski definition) is 3. The molecule has 1 aromatic rings. The zero-order valence-corrected chi connectivity index (χ0v) is 9.09. The highest BCUT2D eigenvalue weighted by Crippen LogP contribution is 2.19. The van der Waals surface area contributed by atoms with E-state index >= 15 is 0 Å². The van der Waals surface area contributed by atoms with E-state index in [1.54, 1.807) is 0 Å². The fourth-order valence-corrected chi connectivity index (χ4v) is 1.63. The number of hydrogen-bond acceptors (Lipinski definition) is 3. The molecule has 3 nitrogen and oxygen atoms in total. The smallest absolute Gasteiger partial charge is 0.108 e. The highest BCUT2D eigenvalue weighted by Gasteiger charge is 2.33. The van der Waals surface area contributed by atoms with Gasteiger partial charge in [-0.25, -0.2) is 0 Å². The summed E-state index contributed by atoms with van der Waals surface area (Å²) in [5.41, 5.74) is -0.377. The quantitative estimate of drug-likeness (QED) is 0.686. The van der Waals surface area contributed by atoms with Crippen LogP contribution in [0.2, 0.25) is 0 Å². The van der Waals surface area contributed by atoms with E-state index in [0.717, 1.165) is 5.56 Å². The maximum absolute atomic E-state index is 10.00. The van der Waals surface area contributed by atoms with E-state index in [9.17, 15) is 15.3 Å². The van der Waals surface area contributed by atoms with Crippen LogP contribution in [0, 0.1) is 0 Å². The van der Waals surface area contributed by atoms with E-state index < -0.39 is 17.8 Å². The second-order valence-corrected chi connectivity index (χ2v) is 4.20. The normalized spacial score (nSPS) is 19.3. The first kappa shape index (κ1) is 12.2. The Hall–Kier alpha value is -0.900. The monoisotopic (exact) mass is 210 g/mol. The molecule has 0 amide bonds. The van der Waals surface area contributed by atoms with Gasteiger partial charge in [-0.05, 0) is 19.4 Å². The zero-order valence-electron chi connectivity index (χ0n) is 9.09. The van der Waals surface area contributed by atoms with Crippen LogP contribution >= 0.6 is 0 Å². The van der Waals surface area contributed by atoms with Gasteiger partial charge >= 0.3 is 0 Å². The fourth-order valence-electron chi connectivity index (χ4n) is 1.63. The van der Waals surface area contributed by atoms with Gasteiger partial charge in [-0.3, -0.25) is 0 Å². The van der Waals surface area contributed by atoms with Crippen LogP contribution in [-0.4, -0.2) is 33.1 Å². The molecule has 84 valence electrons. The van der Waals surface area contributed by atoms with E-state index in [2.05, 4.69) is 0 Å². The average Bonchev–Trinajstić information content (AvgIpc) is 2.17. The van der Waals surface area contributed by atoms with Gasteiger partial charge in [-0.1, -0.05) is 30.3 Å². The van der Waals surface area contributed by atoms with Crippen LogP contribution in [0.4, 0.5) is 0 Å². The number of rotatable bonds is 4. The minimum Gasteiger partial charge on any atom is -0.391 e. The van der Waals surface area contributed by atoms with Crippen molar-refractivity contribution in [1.29, 1.82) is 0 Å². The molecule has 0 heterocycles. The molecule has 0 saturated heterocycles. The van der Waals surface area contributed by atoms with Gasteiger partial charge in [-0.2, -0.15) is 0 Å². The largest absolute Gasteiger partial charge is 0.391 e. The second kappa shape index (κ2) is 4.75. The molecule has 3 heteroatoms. The van der Waals surface area contributed by atoms with Gasteiger partial charge in [0.1, 0.15) is 6.10 Å². The van der Waals surface area contributed by atoms with Crippen LogP contribution in [0.1, 0.15) is 19.4 Å². The molecule has 0 unspecified atom stereocenters. The van der Waals surface area contributed by atoms with Crippen LogP contribution in [0.25, 0.3) is 0 Å². The lowest BCUT2D eigenvalue weighted by Crippen LogP contribution is -2.47. The molecule has 0 fully saturated rings. The Labute approximate surface area is 90.0 Å². The van der Waals surface area contributed by atoms with Gasteiger partial charge in [0.05, 0.1) is 11.7 Å². The van der Waals surface area contributed by atoms with E-state index in [1.165, 1.54) is 13.8 Å². The van der Waals surface area contributed by atoms with E-state index in [-0.39, 0.29) is 0 Å². The Morgan fingerprint density at radius 2 is 1.73 bits per heavy atom. The summed E-state index contributed by atoms with van der Waals surface area (Å²) < 4.78 is 0. The molecule has 3 atom stereocenters. The maximum atomic E-state index is 10.00. The molecule has 3 N–H and O–H groups in total. The number of benzene rings is 1. The van der Waals surface area contributed by atoms with Crippen molar-refractivity contribution in [3.8, 4) is 0 Å². The highest BCUT2D eigenvalue weighted by molar-refractivity contribution is 5.17. The fraction of sp³-hybridized carbons (Fsp3) is 0.500. The molecule has 15 heavy (non-hydrogen) atoms. The van der Waals surface area contributed by atoms with Gasteiger partial charge in [0.15, 0.2) is 0 Å². The minimum absolute atomic E-state index is 0.319. The van der Waals surface area contributed by atoms with Crippen LogP contribution < -0.4 is 0 Å². The Bertz CT molecular complexity index is 293. The molecular weight excluding hydrogens is 192 g/mol. The van der Waals surface area contributed by atoms with Gasteiger partial charge in [0, 0.05) is 6.42 Å². The minimum atomic E-state index is -1.31. The molecule has 0 aliphatic carbocycles. The average molecular weight is 210 g/mol. The lowest BCUT2D eigenvalue weighted by atomic mass is 9.88. The summed E-state index contributed by atoms with van der Waals surface area (Å²) in [6, 6.07) is 9.40.